The molecule has 0 aliphatic rings. The van der Waals surface area contributed by atoms with E-state index in [0.717, 1.165) is 22.5 Å². The summed E-state index contributed by atoms with van der Waals surface area (Å²) in [4.78, 5) is 12.0. The van der Waals surface area contributed by atoms with E-state index in [4.69, 9.17) is 0 Å². The third kappa shape index (κ3) is 4.79. The molecule has 0 radical (unpaired) electrons. The molecule has 0 bridgehead atoms. The molecule has 5 nitrogen and oxygen atoms in total. The zero-order valence-electron chi connectivity index (χ0n) is 11.8. The van der Waals surface area contributed by atoms with Crippen molar-refractivity contribution in [2.45, 2.75) is 13.3 Å². The molecule has 1 amide bonds. The molecule has 0 unspecified atom stereocenters. The predicted octanol–water partition coefficient (Wildman–Crippen LogP) is 1.64. The average molecular weight is 296 g/mol. The molecule has 0 saturated heterocycles. The van der Waals surface area contributed by atoms with E-state index in [1.807, 2.05) is 25.1 Å². The Balaban J connectivity index is 2.78. The van der Waals surface area contributed by atoms with Crippen LogP contribution in [-0.2, 0) is 21.2 Å². The molecule has 0 fully saturated rings. The Bertz CT molecular complexity index is 582. The van der Waals surface area contributed by atoms with Gasteiger partial charge in [0.15, 0.2) is 0 Å². The summed E-state index contributed by atoms with van der Waals surface area (Å²) in [5.74, 6) is -0.363. The van der Waals surface area contributed by atoms with Crippen molar-refractivity contribution >= 4 is 21.6 Å². The van der Waals surface area contributed by atoms with Gasteiger partial charge in [-0.25, -0.2) is 8.42 Å². The molecular formula is C14H20N2O3S. The van der Waals surface area contributed by atoms with Gasteiger partial charge in [-0.1, -0.05) is 31.2 Å². The molecule has 0 aromatic heterocycles. The molecular weight excluding hydrogens is 276 g/mol. The Hall–Kier alpha value is -1.66. The minimum absolute atomic E-state index is 0.113. The van der Waals surface area contributed by atoms with Crippen LogP contribution in [-0.4, -0.2) is 38.0 Å². The predicted molar refractivity (Wildman–Crippen MR) is 81.1 cm³/mol. The maximum atomic E-state index is 12.0. The number of benzene rings is 1. The quantitative estimate of drug-likeness (QED) is 0.778. The number of carbonyl (C=O) groups is 1. The number of carbonyl (C=O) groups excluding carboxylic acids is 1. The first-order chi connectivity index (χ1) is 9.38. The van der Waals surface area contributed by atoms with Gasteiger partial charge in [0.05, 0.1) is 12.8 Å². The lowest BCUT2D eigenvalue weighted by Crippen LogP contribution is -2.37. The van der Waals surface area contributed by atoms with Crippen molar-refractivity contribution in [1.29, 1.82) is 0 Å². The van der Waals surface area contributed by atoms with E-state index in [9.17, 15) is 13.2 Å². The molecule has 0 saturated carbocycles. The molecule has 6 heteroatoms. The van der Waals surface area contributed by atoms with Crippen LogP contribution in [0, 0.1) is 0 Å². The first-order valence-corrected chi connectivity index (χ1v) is 8.17. The first kappa shape index (κ1) is 16.4. The Morgan fingerprint density at radius 2 is 2.05 bits per heavy atom. The summed E-state index contributed by atoms with van der Waals surface area (Å²) >= 11 is 0. The maximum absolute atomic E-state index is 12.0. The number of nitrogens with one attached hydrogen (secondary N) is 1. The topological polar surface area (TPSA) is 66.5 Å². The Kier molecular flexibility index (Phi) is 5.91. The van der Waals surface area contributed by atoms with Gasteiger partial charge in [-0.3, -0.25) is 4.79 Å². The highest BCUT2D eigenvalue weighted by Crippen LogP contribution is 2.15. The third-order valence-corrected chi connectivity index (χ3v) is 4.01. The Morgan fingerprint density at radius 1 is 1.40 bits per heavy atom. The van der Waals surface area contributed by atoms with Crippen molar-refractivity contribution in [3.05, 3.63) is 42.5 Å². The zero-order valence-corrected chi connectivity index (χ0v) is 12.6. The van der Waals surface area contributed by atoms with E-state index in [-0.39, 0.29) is 19.0 Å². The lowest BCUT2D eigenvalue weighted by atomic mass is 10.1. The van der Waals surface area contributed by atoms with Gasteiger partial charge in [0.1, 0.15) is 0 Å². The summed E-state index contributed by atoms with van der Waals surface area (Å²) < 4.78 is 24.1. The van der Waals surface area contributed by atoms with E-state index in [0.29, 0.717) is 5.69 Å². The fourth-order valence-corrected chi connectivity index (χ4v) is 2.49. The molecule has 1 aromatic rings. The highest BCUT2D eigenvalue weighted by atomic mass is 32.2. The van der Waals surface area contributed by atoms with Crippen molar-refractivity contribution < 1.29 is 13.2 Å². The number of hydrogen-bond acceptors (Lipinski definition) is 3. The number of amides is 1. The van der Waals surface area contributed by atoms with Crippen molar-refractivity contribution in [1.82, 2.24) is 4.31 Å². The fraction of sp³-hybridized carbons (Fsp3) is 0.357. The number of hydrogen-bond donors (Lipinski definition) is 1. The highest BCUT2D eigenvalue weighted by Gasteiger charge is 2.19. The fourth-order valence-electron chi connectivity index (χ4n) is 1.76. The Morgan fingerprint density at radius 3 is 2.60 bits per heavy atom. The molecule has 1 rings (SSSR count). The average Bonchev–Trinajstić information content (AvgIpc) is 2.37. The van der Waals surface area contributed by atoms with Crippen LogP contribution in [0.1, 0.15) is 12.5 Å². The Labute approximate surface area is 120 Å². The van der Waals surface area contributed by atoms with Gasteiger partial charge in [0, 0.05) is 12.2 Å². The summed E-state index contributed by atoms with van der Waals surface area (Å²) in [6.45, 7) is 5.38. The molecule has 0 atom stereocenters. The van der Waals surface area contributed by atoms with E-state index < -0.39 is 10.0 Å². The zero-order chi connectivity index (χ0) is 15.2. The van der Waals surface area contributed by atoms with Crippen LogP contribution in [0.3, 0.4) is 0 Å². The SMILES string of the molecule is C=CCN(CC(=O)Nc1ccccc1CC)S(C)(=O)=O. The monoisotopic (exact) mass is 296 g/mol. The maximum Gasteiger partial charge on any atom is 0.239 e. The minimum Gasteiger partial charge on any atom is -0.325 e. The summed E-state index contributed by atoms with van der Waals surface area (Å²) in [5.41, 5.74) is 1.72. The lowest BCUT2D eigenvalue weighted by molar-refractivity contribution is -0.116. The van der Waals surface area contributed by atoms with Crippen LogP contribution >= 0.6 is 0 Å². The van der Waals surface area contributed by atoms with Crippen molar-refractivity contribution in [2.24, 2.45) is 0 Å². The number of sulfonamides is 1. The molecule has 0 spiro atoms. The van der Waals surface area contributed by atoms with Gasteiger partial charge < -0.3 is 5.32 Å². The molecule has 0 aliphatic heterocycles. The second-order valence-corrected chi connectivity index (χ2v) is 6.39. The largest absolute Gasteiger partial charge is 0.325 e. The van der Waals surface area contributed by atoms with Gasteiger partial charge in [0.25, 0.3) is 0 Å². The number of aryl methyl sites for hydroxylation is 1. The van der Waals surface area contributed by atoms with Crippen molar-refractivity contribution in [3.8, 4) is 0 Å². The van der Waals surface area contributed by atoms with Gasteiger partial charge >= 0.3 is 0 Å². The van der Waals surface area contributed by atoms with Gasteiger partial charge in [-0.2, -0.15) is 4.31 Å². The summed E-state index contributed by atoms with van der Waals surface area (Å²) in [6, 6.07) is 7.45. The number of anilines is 1. The number of rotatable bonds is 7. The highest BCUT2D eigenvalue weighted by molar-refractivity contribution is 7.88. The smallest absolute Gasteiger partial charge is 0.239 e. The molecule has 20 heavy (non-hydrogen) atoms. The van der Waals surface area contributed by atoms with E-state index in [1.165, 1.54) is 6.08 Å². The van der Waals surface area contributed by atoms with Crippen LogP contribution in [0.5, 0.6) is 0 Å². The number of nitrogens with zero attached hydrogens (tertiary/aromatic N) is 1. The molecule has 0 aliphatic carbocycles. The van der Waals surface area contributed by atoms with Crippen LogP contribution < -0.4 is 5.32 Å². The van der Waals surface area contributed by atoms with Gasteiger partial charge in [-0.05, 0) is 18.1 Å². The summed E-state index contributed by atoms with van der Waals surface area (Å²) in [6.07, 6.45) is 3.32. The van der Waals surface area contributed by atoms with E-state index in [1.54, 1.807) is 6.07 Å². The second kappa shape index (κ2) is 7.21. The van der Waals surface area contributed by atoms with Gasteiger partial charge in [-0.15, -0.1) is 6.58 Å². The third-order valence-electron chi connectivity index (χ3n) is 2.79. The van der Waals surface area contributed by atoms with Gasteiger partial charge in [0.2, 0.25) is 15.9 Å². The summed E-state index contributed by atoms with van der Waals surface area (Å²) in [5, 5.41) is 2.74. The van der Waals surface area contributed by atoms with Crippen LogP contribution in [0.15, 0.2) is 36.9 Å². The summed E-state index contributed by atoms with van der Waals surface area (Å²) in [7, 11) is -3.43. The van der Waals surface area contributed by atoms with Crippen LogP contribution in [0.25, 0.3) is 0 Å². The van der Waals surface area contributed by atoms with E-state index in [2.05, 4.69) is 11.9 Å². The first-order valence-electron chi connectivity index (χ1n) is 6.32. The standard InChI is InChI=1S/C14H20N2O3S/c1-4-10-16(20(3,18)19)11-14(17)15-13-9-7-6-8-12(13)5-2/h4,6-9H,1,5,10-11H2,2-3H3,(H,15,17). The van der Waals surface area contributed by atoms with Crippen molar-refractivity contribution in [2.75, 3.05) is 24.7 Å². The minimum atomic E-state index is -3.43. The van der Waals surface area contributed by atoms with Crippen molar-refractivity contribution in [3.63, 3.8) is 0 Å². The molecule has 1 aromatic carbocycles. The second-order valence-electron chi connectivity index (χ2n) is 4.40. The molecule has 0 heterocycles. The lowest BCUT2D eigenvalue weighted by Gasteiger charge is -2.18. The normalized spacial score (nSPS) is 11.3. The number of para-hydroxylation sites is 1. The van der Waals surface area contributed by atoms with Crippen LogP contribution in [0.4, 0.5) is 5.69 Å². The van der Waals surface area contributed by atoms with E-state index >= 15 is 0 Å². The molecule has 1 N–H and O–H groups in total. The van der Waals surface area contributed by atoms with Crippen LogP contribution in [0.2, 0.25) is 0 Å². The molecule has 110 valence electrons.